The molecule has 144 valence electrons. The molecule has 0 aliphatic carbocycles. The summed E-state index contributed by atoms with van der Waals surface area (Å²) >= 11 is 0. The maximum Gasteiger partial charge on any atom is 0.271 e. The van der Waals surface area contributed by atoms with Gasteiger partial charge in [-0.05, 0) is 37.0 Å². The van der Waals surface area contributed by atoms with Crippen molar-refractivity contribution in [3.05, 3.63) is 88.7 Å². The molecule has 4 rings (SSSR count). The molecule has 0 bridgehead atoms. The van der Waals surface area contributed by atoms with Crippen LogP contribution in [0, 0.1) is 6.92 Å². The molecule has 1 aliphatic rings. The summed E-state index contributed by atoms with van der Waals surface area (Å²) in [5.74, 6) is -0.123. The maximum absolute atomic E-state index is 12.4. The van der Waals surface area contributed by atoms with Gasteiger partial charge in [-0.2, -0.15) is 5.10 Å². The van der Waals surface area contributed by atoms with Crippen LogP contribution < -0.4 is 5.32 Å². The van der Waals surface area contributed by atoms with E-state index in [9.17, 15) is 4.79 Å². The predicted octanol–water partition coefficient (Wildman–Crippen LogP) is 3.83. The van der Waals surface area contributed by atoms with Crippen LogP contribution >= 0.6 is 0 Å². The standard InChI is InChI=1S/C23H25N3O2/c1-17-9-11-19(12-10-17)22-15-26-20(16-28-22)14-21(25-26)23(27)24-13-5-8-18-6-3-2-4-7-18/h2-4,6-7,9-12,14,22H,5,8,13,15-16H2,1H3,(H,24,27)/t22-/m0/s1. The fourth-order valence-electron chi connectivity index (χ4n) is 3.45. The topological polar surface area (TPSA) is 56.2 Å². The summed E-state index contributed by atoms with van der Waals surface area (Å²) in [6, 6.07) is 20.5. The van der Waals surface area contributed by atoms with Gasteiger partial charge in [0.15, 0.2) is 5.69 Å². The van der Waals surface area contributed by atoms with Crippen LogP contribution in [0.2, 0.25) is 0 Å². The Kier molecular flexibility index (Phi) is 5.53. The van der Waals surface area contributed by atoms with Gasteiger partial charge in [0.2, 0.25) is 0 Å². The minimum absolute atomic E-state index is 0.0326. The number of aromatic nitrogens is 2. The third-order valence-corrected chi connectivity index (χ3v) is 5.09. The van der Waals surface area contributed by atoms with Gasteiger partial charge in [-0.25, -0.2) is 0 Å². The van der Waals surface area contributed by atoms with E-state index >= 15 is 0 Å². The number of nitrogens with one attached hydrogen (secondary N) is 1. The molecular formula is C23H25N3O2. The van der Waals surface area contributed by atoms with E-state index in [4.69, 9.17) is 4.74 Å². The van der Waals surface area contributed by atoms with E-state index in [0.717, 1.165) is 24.1 Å². The average molecular weight is 375 g/mol. The molecule has 0 spiro atoms. The zero-order valence-corrected chi connectivity index (χ0v) is 16.1. The van der Waals surface area contributed by atoms with E-state index in [0.29, 0.717) is 25.4 Å². The molecule has 1 N–H and O–H groups in total. The molecule has 1 atom stereocenters. The Morgan fingerprint density at radius 2 is 1.96 bits per heavy atom. The molecule has 2 aromatic carbocycles. The third-order valence-electron chi connectivity index (χ3n) is 5.09. The van der Waals surface area contributed by atoms with Crippen molar-refractivity contribution in [1.82, 2.24) is 15.1 Å². The van der Waals surface area contributed by atoms with Crippen LogP contribution in [0.15, 0.2) is 60.7 Å². The van der Waals surface area contributed by atoms with Gasteiger partial charge >= 0.3 is 0 Å². The number of hydrogen-bond donors (Lipinski definition) is 1. The molecule has 0 unspecified atom stereocenters. The van der Waals surface area contributed by atoms with Gasteiger partial charge in [0, 0.05) is 6.54 Å². The maximum atomic E-state index is 12.4. The first-order valence-electron chi connectivity index (χ1n) is 9.76. The average Bonchev–Trinajstić information content (AvgIpc) is 3.16. The van der Waals surface area contributed by atoms with Crippen molar-refractivity contribution in [2.45, 2.75) is 39.0 Å². The van der Waals surface area contributed by atoms with Crippen molar-refractivity contribution in [2.24, 2.45) is 0 Å². The summed E-state index contributed by atoms with van der Waals surface area (Å²) in [5.41, 5.74) is 5.05. The minimum atomic E-state index is -0.123. The zero-order valence-electron chi connectivity index (χ0n) is 16.1. The molecule has 1 aromatic heterocycles. The van der Waals surface area contributed by atoms with Crippen molar-refractivity contribution in [3.63, 3.8) is 0 Å². The molecule has 0 radical (unpaired) electrons. The minimum Gasteiger partial charge on any atom is -0.365 e. The van der Waals surface area contributed by atoms with E-state index in [-0.39, 0.29) is 12.0 Å². The SMILES string of the molecule is Cc1ccc([C@@H]2Cn3nc(C(=O)NCCCc4ccccc4)cc3CO2)cc1. The molecule has 0 saturated heterocycles. The highest BCUT2D eigenvalue weighted by molar-refractivity contribution is 5.92. The number of fused-ring (bicyclic) bond motifs is 1. The summed E-state index contributed by atoms with van der Waals surface area (Å²) in [5, 5.41) is 7.48. The second-order valence-corrected chi connectivity index (χ2v) is 7.26. The molecule has 3 aromatic rings. The largest absolute Gasteiger partial charge is 0.365 e. The third kappa shape index (κ3) is 4.31. The van der Waals surface area contributed by atoms with E-state index in [1.807, 2.05) is 28.9 Å². The van der Waals surface area contributed by atoms with Gasteiger partial charge in [0.05, 0.1) is 18.8 Å². The van der Waals surface area contributed by atoms with Crippen LogP contribution in [0.5, 0.6) is 0 Å². The first kappa shape index (κ1) is 18.4. The number of carbonyl (C=O) groups is 1. The van der Waals surface area contributed by atoms with Gasteiger partial charge in [-0.1, -0.05) is 60.2 Å². The molecule has 2 heterocycles. The predicted molar refractivity (Wildman–Crippen MR) is 108 cm³/mol. The molecule has 0 fully saturated rings. The lowest BCUT2D eigenvalue weighted by molar-refractivity contribution is -0.00120. The molecule has 28 heavy (non-hydrogen) atoms. The lowest BCUT2D eigenvalue weighted by atomic mass is 10.1. The van der Waals surface area contributed by atoms with Crippen molar-refractivity contribution >= 4 is 5.91 Å². The van der Waals surface area contributed by atoms with Gasteiger partial charge < -0.3 is 10.1 Å². The second-order valence-electron chi connectivity index (χ2n) is 7.26. The van der Waals surface area contributed by atoms with Crippen molar-refractivity contribution in [3.8, 4) is 0 Å². The highest BCUT2D eigenvalue weighted by atomic mass is 16.5. The molecule has 5 heteroatoms. The monoisotopic (exact) mass is 375 g/mol. The smallest absolute Gasteiger partial charge is 0.271 e. The fourth-order valence-corrected chi connectivity index (χ4v) is 3.45. The number of amides is 1. The van der Waals surface area contributed by atoms with Gasteiger partial charge in [-0.3, -0.25) is 9.48 Å². The van der Waals surface area contributed by atoms with Crippen LogP contribution in [0.1, 0.15) is 45.4 Å². The summed E-state index contributed by atoms with van der Waals surface area (Å²) < 4.78 is 7.87. The number of hydrogen-bond acceptors (Lipinski definition) is 3. The van der Waals surface area contributed by atoms with Crippen molar-refractivity contribution < 1.29 is 9.53 Å². The lowest BCUT2D eigenvalue weighted by Gasteiger charge is -2.24. The number of ether oxygens (including phenoxy) is 1. The van der Waals surface area contributed by atoms with Gasteiger partial charge in [0.25, 0.3) is 5.91 Å². The Bertz CT molecular complexity index is 932. The summed E-state index contributed by atoms with van der Waals surface area (Å²) in [4.78, 5) is 12.4. The number of benzene rings is 2. The molecular weight excluding hydrogens is 350 g/mol. The number of carbonyl (C=O) groups excluding carboxylic acids is 1. The lowest BCUT2D eigenvalue weighted by Crippen LogP contribution is -2.25. The molecule has 5 nitrogen and oxygen atoms in total. The van der Waals surface area contributed by atoms with E-state index in [2.05, 4.69) is 53.7 Å². The Labute approximate surface area is 165 Å². The van der Waals surface area contributed by atoms with Crippen LogP contribution in [0.4, 0.5) is 0 Å². The van der Waals surface area contributed by atoms with E-state index < -0.39 is 0 Å². The second kappa shape index (κ2) is 8.40. The highest BCUT2D eigenvalue weighted by Crippen LogP contribution is 2.26. The van der Waals surface area contributed by atoms with Crippen molar-refractivity contribution in [2.75, 3.05) is 6.54 Å². The number of aryl methyl sites for hydroxylation is 2. The Morgan fingerprint density at radius 1 is 1.18 bits per heavy atom. The first-order chi connectivity index (χ1) is 13.7. The fraction of sp³-hybridized carbons (Fsp3) is 0.304. The normalized spacial score (nSPS) is 15.8. The molecule has 1 aliphatic heterocycles. The first-order valence-corrected chi connectivity index (χ1v) is 9.76. The van der Waals surface area contributed by atoms with Crippen LogP contribution in [-0.2, 0) is 24.3 Å². The highest BCUT2D eigenvalue weighted by Gasteiger charge is 2.23. The quantitative estimate of drug-likeness (QED) is 0.666. The van der Waals surface area contributed by atoms with Crippen LogP contribution in [-0.4, -0.2) is 22.2 Å². The summed E-state index contributed by atoms with van der Waals surface area (Å²) in [6.45, 7) is 3.80. The van der Waals surface area contributed by atoms with E-state index in [1.54, 1.807) is 0 Å². The Hall–Kier alpha value is -2.92. The number of nitrogens with zero attached hydrogens (tertiary/aromatic N) is 2. The van der Waals surface area contributed by atoms with Crippen molar-refractivity contribution in [1.29, 1.82) is 0 Å². The summed E-state index contributed by atoms with van der Waals surface area (Å²) in [7, 11) is 0. The van der Waals surface area contributed by atoms with Crippen LogP contribution in [0.25, 0.3) is 0 Å². The Morgan fingerprint density at radius 3 is 2.75 bits per heavy atom. The summed E-state index contributed by atoms with van der Waals surface area (Å²) in [6.07, 6.45) is 1.82. The molecule has 1 amide bonds. The zero-order chi connectivity index (χ0) is 19.3. The van der Waals surface area contributed by atoms with E-state index in [1.165, 1.54) is 11.1 Å². The molecule has 0 saturated carbocycles. The Balaban J connectivity index is 1.32. The van der Waals surface area contributed by atoms with Gasteiger partial charge in [-0.15, -0.1) is 0 Å². The van der Waals surface area contributed by atoms with Crippen LogP contribution in [0.3, 0.4) is 0 Å². The van der Waals surface area contributed by atoms with Gasteiger partial charge in [0.1, 0.15) is 6.10 Å². The number of rotatable bonds is 6.